The molecule has 168 valence electrons. The fraction of sp³-hybridized carbons (Fsp3) is 0.174. The second-order valence-corrected chi connectivity index (χ2v) is 7.11. The van der Waals surface area contributed by atoms with Gasteiger partial charge in [0.2, 0.25) is 0 Å². The number of ether oxygens (including phenoxy) is 1. The van der Waals surface area contributed by atoms with Crippen molar-refractivity contribution in [2.45, 2.75) is 6.18 Å². The predicted octanol–water partition coefficient (Wildman–Crippen LogP) is 7.06. The highest BCUT2D eigenvalue weighted by Crippen LogP contribution is 2.26. The van der Waals surface area contributed by atoms with Crippen LogP contribution in [0.25, 0.3) is 0 Å². The Balaban J connectivity index is 1.35. The van der Waals surface area contributed by atoms with Gasteiger partial charge >= 0.3 is 6.18 Å². The van der Waals surface area contributed by atoms with Crippen LogP contribution in [0.5, 0.6) is 0 Å². The Hall–Kier alpha value is -3.92. The molecule has 0 saturated carbocycles. The van der Waals surface area contributed by atoms with Crippen molar-refractivity contribution in [3.63, 3.8) is 0 Å². The maximum Gasteiger partial charge on any atom is 0.454 e. The van der Waals surface area contributed by atoms with Crippen LogP contribution < -0.4 is 4.90 Å². The molecule has 1 heterocycles. The van der Waals surface area contributed by atoms with E-state index in [0.717, 1.165) is 36.7 Å². The SMILES string of the molecule is O=C(c1ccc(N=Nc2ccc(N=Nc3ccc(N4CCOC4)cc3)cc2)cc1)C(F)(F)F. The Labute approximate surface area is 187 Å². The first-order valence-corrected chi connectivity index (χ1v) is 9.96. The van der Waals surface area contributed by atoms with Gasteiger partial charge in [0.05, 0.1) is 29.4 Å². The van der Waals surface area contributed by atoms with E-state index >= 15 is 0 Å². The van der Waals surface area contributed by atoms with E-state index in [1.807, 2.05) is 24.3 Å². The van der Waals surface area contributed by atoms with E-state index < -0.39 is 17.5 Å². The van der Waals surface area contributed by atoms with Crippen LogP contribution in [-0.4, -0.2) is 31.8 Å². The fourth-order valence-electron chi connectivity index (χ4n) is 3.01. The van der Waals surface area contributed by atoms with E-state index in [4.69, 9.17) is 4.74 Å². The summed E-state index contributed by atoms with van der Waals surface area (Å²) in [4.78, 5) is 13.3. The largest absolute Gasteiger partial charge is 0.454 e. The minimum atomic E-state index is -4.91. The van der Waals surface area contributed by atoms with Crippen molar-refractivity contribution in [2.75, 3.05) is 24.8 Å². The molecule has 4 rings (SSSR count). The summed E-state index contributed by atoms with van der Waals surface area (Å²) in [6.45, 7) is 2.19. The molecule has 0 N–H and O–H groups in total. The quantitative estimate of drug-likeness (QED) is 0.296. The van der Waals surface area contributed by atoms with Crippen molar-refractivity contribution in [3.8, 4) is 0 Å². The lowest BCUT2D eigenvalue weighted by atomic mass is 10.1. The molecule has 0 atom stereocenters. The molecule has 1 aliphatic rings. The lowest BCUT2D eigenvalue weighted by molar-refractivity contribution is -0.0885. The minimum Gasteiger partial charge on any atom is -0.359 e. The summed E-state index contributed by atoms with van der Waals surface area (Å²) in [5, 5.41) is 16.4. The second-order valence-electron chi connectivity index (χ2n) is 7.11. The van der Waals surface area contributed by atoms with Gasteiger partial charge in [-0.05, 0) is 72.8 Å². The fourth-order valence-corrected chi connectivity index (χ4v) is 3.01. The molecule has 1 saturated heterocycles. The Morgan fingerprint density at radius 1 is 0.727 bits per heavy atom. The maximum absolute atomic E-state index is 12.5. The zero-order chi connectivity index (χ0) is 23.3. The molecule has 3 aromatic carbocycles. The van der Waals surface area contributed by atoms with Crippen molar-refractivity contribution < 1.29 is 22.7 Å². The molecule has 0 aromatic heterocycles. The molecule has 3 aromatic rings. The number of nitrogens with zero attached hydrogens (tertiary/aromatic N) is 5. The Morgan fingerprint density at radius 3 is 1.55 bits per heavy atom. The summed E-state index contributed by atoms with van der Waals surface area (Å²) in [6.07, 6.45) is -4.91. The summed E-state index contributed by atoms with van der Waals surface area (Å²) >= 11 is 0. The van der Waals surface area contributed by atoms with Crippen LogP contribution in [0.1, 0.15) is 10.4 Å². The molecule has 1 aliphatic heterocycles. The highest BCUT2D eigenvalue weighted by Gasteiger charge is 2.39. The number of benzene rings is 3. The van der Waals surface area contributed by atoms with Gasteiger partial charge in [0.1, 0.15) is 6.73 Å². The first kappa shape index (κ1) is 22.3. The van der Waals surface area contributed by atoms with Crippen molar-refractivity contribution in [1.82, 2.24) is 0 Å². The van der Waals surface area contributed by atoms with Crippen molar-refractivity contribution in [2.24, 2.45) is 20.5 Å². The molecule has 0 aliphatic carbocycles. The summed E-state index contributed by atoms with van der Waals surface area (Å²) in [5.41, 5.74) is 2.82. The topological polar surface area (TPSA) is 79.0 Å². The number of hydrogen-bond donors (Lipinski definition) is 0. The Bertz CT molecular complexity index is 1150. The van der Waals surface area contributed by atoms with Gasteiger partial charge in [-0.3, -0.25) is 4.79 Å². The van der Waals surface area contributed by atoms with Crippen LogP contribution in [0, 0.1) is 0 Å². The summed E-state index contributed by atoms with van der Waals surface area (Å²) in [7, 11) is 0. The number of ketones is 1. The lowest BCUT2D eigenvalue weighted by Gasteiger charge is -2.15. The van der Waals surface area contributed by atoms with E-state index in [1.54, 1.807) is 24.3 Å². The average molecular weight is 453 g/mol. The molecule has 0 radical (unpaired) electrons. The van der Waals surface area contributed by atoms with Gasteiger partial charge in [0.25, 0.3) is 5.78 Å². The van der Waals surface area contributed by atoms with Crippen molar-refractivity contribution in [1.29, 1.82) is 0 Å². The number of carbonyl (C=O) groups is 1. The molecule has 0 bridgehead atoms. The number of carbonyl (C=O) groups excluding carboxylic acids is 1. The highest BCUT2D eigenvalue weighted by atomic mass is 19.4. The van der Waals surface area contributed by atoms with Crippen LogP contribution in [0.4, 0.5) is 41.6 Å². The van der Waals surface area contributed by atoms with E-state index in [9.17, 15) is 18.0 Å². The number of alkyl halides is 3. The number of halogens is 3. The average Bonchev–Trinajstić information content (AvgIpc) is 3.37. The van der Waals surface area contributed by atoms with Gasteiger partial charge < -0.3 is 9.64 Å². The molecule has 0 amide bonds. The van der Waals surface area contributed by atoms with Crippen LogP contribution in [0.15, 0.2) is 93.3 Å². The smallest absolute Gasteiger partial charge is 0.359 e. The van der Waals surface area contributed by atoms with E-state index in [2.05, 4.69) is 25.4 Å². The van der Waals surface area contributed by atoms with Gasteiger partial charge in [0.15, 0.2) is 0 Å². The zero-order valence-electron chi connectivity index (χ0n) is 17.2. The van der Waals surface area contributed by atoms with Crippen LogP contribution in [0.3, 0.4) is 0 Å². The van der Waals surface area contributed by atoms with E-state index in [-0.39, 0.29) is 0 Å². The normalized spacial score (nSPS) is 14.5. The highest BCUT2D eigenvalue weighted by molar-refractivity contribution is 6.00. The first-order valence-electron chi connectivity index (χ1n) is 9.96. The number of hydrogen-bond acceptors (Lipinski definition) is 7. The Kier molecular flexibility index (Phi) is 6.55. The van der Waals surface area contributed by atoms with Crippen LogP contribution in [0.2, 0.25) is 0 Å². The lowest BCUT2D eigenvalue weighted by Crippen LogP contribution is -2.22. The summed E-state index contributed by atoms with van der Waals surface area (Å²) in [6, 6.07) is 19.3. The maximum atomic E-state index is 12.5. The molecule has 33 heavy (non-hydrogen) atoms. The standard InChI is InChI=1S/C23H18F3N5O2/c24-23(25,26)22(32)16-1-3-17(4-2-16)27-28-18-5-7-19(8-6-18)29-30-20-9-11-21(12-10-20)31-13-14-33-15-31/h1-12H,13-15H2. The number of Topliss-reactive ketones (excluding diaryl/α,β-unsaturated/α-hetero) is 1. The first-order chi connectivity index (χ1) is 15.9. The zero-order valence-corrected chi connectivity index (χ0v) is 17.2. The van der Waals surface area contributed by atoms with Gasteiger partial charge in [-0.15, -0.1) is 0 Å². The number of anilines is 1. The van der Waals surface area contributed by atoms with Crippen molar-refractivity contribution in [3.05, 3.63) is 78.4 Å². The van der Waals surface area contributed by atoms with Gasteiger partial charge in [-0.25, -0.2) is 0 Å². The minimum absolute atomic E-state index is 0.321. The third-order valence-corrected chi connectivity index (χ3v) is 4.77. The molecule has 0 spiro atoms. The third-order valence-electron chi connectivity index (χ3n) is 4.77. The van der Waals surface area contributed by atoms with E-state index in [1.165, 1.54) is 12.1 Å². The third kappa shape index (κ3) is 5.86. The number of rotatable bonds is 6. The molecule has 7 nitrogen and oxygen atoms in total. The molecule has 1 fully saturated rings. The molecular weight excluding hydrogens is 435 g/mol. The summed E-state index contributed by atoms with van der Waals surface area (Å²) in [5.74, 6) is -1.90. The van der Waals surface area contributed by atoms with E-state index in [0.29, 0.717) is 23.8 Å². The number of azo groups is 2. The molecular formula is C23H18F3N5O2. The summed E-state index contributed by atoms with van der Waals surface area (Å²) < 4.78 is 42.7. The van der Waals surface area contributed by atoms with Gasteiger partial charge in [0, 0.05) is 17.8 Å². The second kappa shape index (κ2) is 9.70. The molecule has 0 unspecified atom stereocenters. The van der Waals surface area contributed by atoms with Gasteiger partial charge in [-0.2, -0.15) is 33.6 Å². The van der Waals surface area contributed by atoms with Crippen LogP contribution in [-0.2, 0) is 4.74 Å². The monoisotopic (exact) mass is 453 g/mol. The van der Waals surface area contributed by atoms with Crippen LogP contribution >= 0.6 is 0 Å². The van der Waals surface area contributed by atoms with Crippen molar-refractivity contribution >= 4 is 34.2 Å². The predicted molar refractivity (Wildman–Crippen MR) is 116 cm³/mol. The molecule has 10 heteroatoms. The Morgan fingerprint density at radius 2 is 1.15 bits per heavy atom. The van der Waals surface area contributed by atoms with Gasteiger partial charge in [-0.1, -0.05) is 0 Å².